The molecule has 0 aromatic heterocycles. The van der Waals surface area contributed by atoms with Crippen LogP contribution in [0, 0.1) is 17.3 Å². The van der Waals surface area contributed by atoms with Crippen LogP contribution in [0.15, 0.2) is 0 Å². The Morgan fingerprint density at radius 1 is 1.24 bits per heavy atom. The Balaban J connectivity index is 2.56. The fourth-order valence-electron chi connectivity index (χ4n) is 3.24. The average molecular weight is 240 g/mol. The molecule has 1 rings (SSSR count). The maximum atomic E-state index is 3.91. The predicted molar refractivity (Wildman–Crippen MR) is 76.3 cm³/mol. The molecule has 3 atom stereocenters. The quantitative estimate of drug-likeness (QED) is 0.795. The number of hydrogen-bond donors (Lipinski definition) is 1. The van der Waals surface area contributed by atoms with Gasteiger partial charge in [0.05, 0.1) is 0 Å². The molecule has 0 amide bonds. The first kappa shape index (κ1) is 15.0. The average Bonchev–Trinajstić information content (AvgIpc) is 2.37. The molecule has 0 aromatic carbocycles. The minimum absolute atomic E-state index is 0.525. The lowest BCUT2D eigenvalue weighted by molar-refractivity contribution is 0.251. The summed E-state index contributed by atoms with van der Waals surface area (Å²) in [4.78, 5) is 2.29. The number of nitrogens with zero attached hydrogens (tertiary/aromatic N) is 1. The largest absolute Gasteiger partial charge is 0.309 e. The molecule has 17 heavy (non-hydrogen) atoms. The molecule has 0 bridgehead atoms. The smallest absolute Gasteiger partial charge is 0.0220 e. The van der Waals surface area contributed by atoms with E-state index in [1.165, 1.54) is 12.8 Å². The van der Waals surface area contributed by atoms with E-state index in [1.807, 2.05) is 0 Å². The van der Waals surface area contributed by atoms with E-state index < -0.39 is 0 Å². The third-order valence-electron chi connectivity index (χ3n) is 4.13. The molecule has 1 fully saturated rings. The van der Waals surface area contributed by atoms with Crippen LogP contribution in [-0.4, -0.2) is 37.6 Å². The van der Waals surface area contributed by atoms with Gasteiger partial charge in [0.2, 0.25) is 0 Å². The Labute approximate surface area is 108 Å². The van der Waals surface area contributed by atoms with E-state index in [0.29, 0.717) is 23.4 Å². The molecule has 0 heterocycles. The lowest BCUT2D eigenvalue weighted by atomic mass is 9.91. The molecule has 2 heteroatoms. The molecule has 0 aliphatic heterocycles. The highest BCUT2D eigenvalue weighted by atomic mass is 15.1. The number of likely N-dealkylation sites (N-methyl/N-ethyl adjacent to an activating group) is 1. The molecule has 1 N–H and O–H groups in total. The number of nitrogens with one attached hydrogen (secondary N) is 1. The molecule has 0 radical (unpaired) electrons. The Hall–Kier alpha value is -0.0800. The Kier molecular flexibility index (Phi) is 5.03. The van der Waals surface area contributed by atoms with Gasteiger partial charge in [-0.05, 0) is 44.2 Å². The summed E-state index contributed by atoms with van der Waals surface area (Å²) in [7, 11) is 4.33. The van der Waals surface area contributed by atoms with Crippen molar-refractivity contribution in [1.29, 1.82) is 0 Å². The van der Waals surface area contributed by atoms with Crippen LogP contribution in [-0.2, 0) is 0 Å². The zero-order chi connectivity index (χ0) is 13.2. The summed E-state index contributed by atoms with van der Waals surface area (Å²) >= 11 is 0. The van der Waals surface area contributed by atoms with Gasteiger partial charge in [0.15, 0.2) is 0 Å². The van der Waals surface area contributed by atoms with Crippen LogP contribution in [0.2, 0.25) is 0 Å². The zero-order valence-electron chi connectivity index (χ0n) is 12.9. The van der Waals surface area contributed by atoms with Crippen molar-refractivity contribution in [3.63, 3.8) is 0 Å². The molecule has 2 nitrogen and oxygen atoms in total. The summed E-state index contributed by atoms with van der Waals surface area (Å²) in [5.41, 5.74) is 0.525. The second-order valence-electron chi connectivity index (χ2n) is 7.44. The van der Waals surface area contributed by atoms with E-state index >= 15 is 0 Å². The van der Waals surface area contributed by atoms with Crippen LogP contribution in [0.25, 0.3) is 0 Å². The minimum Gasteiger partial charge on any atom is -0.309 e. The van der Waals surface area contributed by atoms with Gasteiger partial charge in [-0.25, -0.2) is 0 Å². The Morgan fingerprint density at radius 3 is 2.18 bits per heavy atom. The SMILES string of the molecule is CC(C)C(CN(C)C)NC1CC(C)(C)CC1C. The summed E-state index contributed by atoms with van der Waals surface area (Å²) in [5.74, 6) is 1.52. The van der Waals surface area contributed by atoms with Crippen molar-refractivity contribution in [2.24, 2.45) is 17.3 Å². The third-order valence-corrected chi connectivity index (χ3v) is 4.13. The monoisotopic (exact) mass is 240 g/mol. The number of hydrogen-bond acceptors (Lipinski definition) is 2. The fourth-order valence-corrected chi connectivity index (χ4v) is 3.24. The summed E-state index contributed by atoms with van der Waals surface area (Å²) in [6, 6.07) is 1.32. The Bertz CT molecular complexity index is 233. The molecule has 0 spiro atoms. The highest BCUT2D eigenvalue weighted by molar-refractivity contribution is 4.93. The molecule has 102 valence electrons. The van der Waals surface area contributed by atoms with Crippen LogP contribution < -0.4 is 5.32 Å². The van der Waals surface area contributed by atoms with Crippen LogP contribution in [0.5, 0.6) is 0 Å². The normalized spacial score (nSPS) is 30.2. The topological polar surface area (TPSA) is 15.3 Å². The fraction of sp³-hybridized carbons (Fsp3) is 1.00. The van der Waals surface area contributed by atoms with E-state index in [2.05, 4.69) is 58.9 Å². The van der Waals surface area contributed by atoms with Gasteiger partial charge < -0.3 is 10.2 Å². The summed E-state index contributed by atoms with van der Waals surface area (Å²) in [6.07, 6.45) is 2.68. The molecule has 1 aliphatic rings. The van der Waals surface area contributed by atoms with Crippen molar-refractivity contribution in [2.75, 3.05) is 20.6 Å². The first-order valence-electron chi connectivity index (χ1n) is 7.12. The maximum absolute atomic E-state index is 3.91. The van der Waals surface area contributed by atoms with Gasteiger partial charge in [0.1, 0.15) is 0 Å². The van der Waals surface area contributed by atoms with Crippen molar-refractivity contribution >= 4 is 0 Å². The van der Waals surface area contributed by atoms with Gasteiger partial charge in [-0.1, -0.05) is 34.6 Å². The van der Waals surface area contributed by atoms with Gasteiger partial charge in [0.25, 0.3) is 0 Å². The van der Waals surface area contributed by atoms with E-state index in [0.717, 1.165) is 12.5 Å². The first-order valence-corrected chi connectivity index (χ1v) is 7.12. The molecule has 0 aromatic rings. The van der Waals surface area contributed by atoms with Crippen LogP contribution in [0.3, 0.4) is 0 Å². The summed E-state index contributed by atoms with van der Waals surface area (Å²) in [5, 5.41) is 3.91. The van der Waals surface area contributed by atoms with Crippen molar-refractivity contribution in [3.8, 4) is 0 Å². The minimum atomic E-state index is 0.525. The zero-order valence-corrected chi connectivity index (χ0v) is 12.9. The predicted octanol–water partition coefficient (Wildman–Crippen LogP) is 2.99. The summed E-state index contributed by atoms with van der Waals surface area (Å²) in [6.45, 7) is 13.0. The van der Waals surface area contributed by atoms with Crippen LogP contribution in [0.4, 0.5) is 0 Å². The highest BCUT2D eigenvalue weighted by Gasteiger charge is 2.37. The first-order chi connectivity index (χ1) is 7.71. The molecule has 0 saturated heterocycles. The van der Waals surface area contributed by atoms with Crippen molar-refractivity contribution in [3.05, 3.63) is 0 Å². The lowest BCUT2D eigenvalue weighted by Crippen LogP contribution is -2.48. The van der Waals surface area contributed by atoms with Crippen molar-refractivity contribution in [1.82, 2.24) is 10.2 Å². The second kappa shape index (κ2) is 5.71. The van der Waals surface area contributed by atoms with Gasteiger partial charge in [-0.2, -0.15) is 0 Å². The molecule has 3 unspecified atom stereocenters. The van der Waals surface area contributed by atoms with E-state index in [9.17, 15) is 0 Å². The maximum Gasteiger partial charge on any atom is 0.0220 e. The van der Waals surface area contributed by atoms with Gasteiger partial charge in [0, 0.05) is 18.6 Å². The van der Waals surface area contributed by atoms with Gasteiger partial charge in [-0.15, -0.1) is 0 Å². The third kappa shape index (κ3) is 4.59. The Morgan fingerprint density at radius 2 is 1.82 bits per heavy atom. The van der Waals surface area contributed by atoms with Gasteiger partial charge >= 0.3 is 0 Å². The highest BCUT2D eigenvalue weighted by Crippen LogP contribution is 2.41. The van der Waals surface area contributed by atoms with Crippen molar-refractivity contribution in [2.45, 2.75) is 59.5 Å². The summed E-state index contributed by atoms with van der Waals surface area (Å²) < 4.78 is 0. The molecular formula is C15H32N2. The second-order valence-corrected chi connectivity index (χ2v) is 7.44. The molecule has 1 saturated carbocycles. The van der Waals surface area contributed by atoms with Crippen LogP contribution >= 0.6 is 0 Å². The van der Waals surface area contributed by atoms with E-state index in [-0.39, 0.29) is 0 Å². The molecule has 1 aliphatic carbocycles. The number of rotatable bonds is 5. The van der Waals surface area contributed by atoms with E-state index in [1.54, 1.807) is 0 Å². The standard InChI is InChI=1S/C15H32N2/c1-11(2)14(10-17(6)7)16-13-9-15(4,5)8-12(13)3/h11-14,16H,8-10H2,1-7H3. The van der Waals surface area contributed by atoms with Crippen LogP contribution in [0.1, 0.15) is 47.5 Å². The van der Waals surface area contributed by atoms with Gasteiger partial charge in [-0.3, -0.25) is 0 Å². The van der Waals surface area contributed by atoms with E-state index in [4.69, 9.17) is 0 Å². The lowest BCUT2D eigenvalue weighted by Gasteiger charge is -2.31. The van der Waals surface area contributed by atoms with Crippen molar-refractivity contribution < 1.29 is 0 Å². The molecular weight excluding hydrogens is 208 g/mol.